The van der Waals surface area contributed by atoms with Gasteiger partial charge in [0.15, 0.2) is 0 Å². The Balaban J connectivity index is 1.54. The molecule has 42 heavy (non-hydrogen) atoms. The van der Waals surface area contributed by atoms with Crippen LogP contribution in [0.3, 0.4) is 0 Å². The summed E-state index contributed by atoms with van der Waals surface area (Å²) in [6.07, 6.45) is 0. The van der Waals surface area contributed by atoms with Crippen molar-refractivity contribution in [3.8, 4) is 0 Å². The summed E-state index contributed by atoms with van der Waals surface area (Å²) in [5.41, 5.74) is 4.22. The van der Waals surface area contributed by atoms with E-state index < -0.39 is 22.5 Å². The van der Waals surface area contributed by atoms with E-state index in [4.69, 9.17) is 11.6 Å². The molecule has 4 aromatic carbocycles. The van der Waals surface area contributed by atoms with E-state index in [1.807, 2.05) is 19.1 Å². The van der Waals surface area contributed by atoms with Gasteiger partial charge < -0.3 is 10.6 Å². The molecule has 0 aliphatic rings. The summed E-state index contributed by atoms with van der Waals surface area (Å²) in [4.78, 5) is 26.2. The number of aryl methyl sites for hydroxylation is 1. The van der Waals surface area contributed by atoms with Crippen LogP contribution in [0.1, 0.15) is 47.8 Å². The highest BCUT2D eigenvalue weighted by molar-refractivity contribution is 7.92. The number of benzene rings is 4. The lowest BCUT2D eigenvalue weighted by Gasteiger charge is -2.26. The number of hydrogen-bond acceptors (Lipinski definition) is 4. The molecule has 0 aromatic heterocycles. The number of nitrogens with zero attached hydrogens (tertiary/aromatic N) is 1. The molecule has 4 aromatic rings. The van der Waals surface area contributed by atoms with E-state index in [0.29, 0.717) is 33.2 Å². The van der Waals surface area contributed by atoms with E-state index in [-0.39, 0.29) is 16.2 Å². The van der Waals surface area contributed by atoms with Crippen LogP contribution in [0.2, 0.25) is 5.02 Å². The topological polar surface area (TPSA) is 95.6 Å². The summed E-state index contributed by atoms with van der Waals surface area (Å²) in [5, 5.41) is 5.99. The first-order valence-corrected chi connectivity index (χ1v) is 15.2. The highest BCUT2D eigenvalue weighted by Gasteiger charge is 2.29. The molecule has 2 amide bonds. The van der Waals surface area contributed by atoms with E-state index in [2.05, 4.69) is 31.4 Å². The van der Waals surface area contributed by atoms with Crippen LogP contribution in [-0.2, 0) is 20.2 Å². The van der Waals surface area contributed by atoms with Crippen molar-refractivity contribution in [3.63, 3.8) is 0 Å². The average molecular weight is 604 g/mol. The minimum absolute atomic E-state index is 0.0257. The first-order valence-electron chi connectivity index (χ1n) is 13.4. The number of halogens is 1. The number of anilines is 3. The van der Waals surface area contributed by atoms with Crippen molar-refractivity contribution in [1.29, 1.82) is 0 Å². The van der Waals surface area contributed by atoms with Crippen LogP contribution >= 0.6 is 11.6 Å². The Morgan fingerprint density at radius 2 is 1.40 bits per heavy atom. The minimum Gasteiger partial charge on any atom is -0.324 e. The second kappa shape index (κ2) is 12.4. The SMILES string of the molecule is Cc1ccc(S(=O)(=O)N(CC(=O)Nc2cccc(NC(=O)c3ccc(C(C)(C)C)cc3)c2)c2cccc(Cl)c2C)cc1. The van der Waals surface area contributed by atoms with Crippen molar-refractivity contribution >= 4 is 50.5 Å². The molecular formula is C33H34ClN3O4S. The number of carbonyl (C=O) groups excluding carboxylic acids is 2. The van der Waals surface area contributed by atoms with Crippen molar-refractivity contribution in [3.05, 3.63) is 118 Å². The molecule has 7 nitrogen and oxygen atoms in total. The summed E-state index contributed by atoms with van der Waals surface area (Å²) in [7, 11) is -4.11. The molecule has 4 rings (SSSR count). The molecule has 0 aliphatic carbocycles. The molecule has 0 saturated heterocycles. The van der Waals surface area contributed by atoms with Gasteiger partial charge >= 0.3 is 0 Å². The van der Waals surface area contributed by atoms with Gasteiger partial charge in [0.05, 0.1) is 10.6 Å². The van der Waals surface area contributed by atoms with Gasteiger partial charge in [-0.1, -0.05) is 74.3 Å². The lowest BCUT2D eigenvalue weighted by Crippen LogP contribution is -2.38. The smallest absolute Gasteiger partial charge is 0.264 e. The maximum atomic E-state index is 13.7. The Kier molecular flexibility index (Phi) is 9.09. The van der Waals surface area contributed by atoms with Crippen LogP contribution in [0.25, 0.3) is 0 Å². The van der Waals surface area contributed by atoms with Crippen molar-refractivity contribution in [1.82, 2.24) is 0 Å². The van der Waals surface area contributed by atoms with Gasteiger partial charge in [0.2, 0.25) is 5.91 Å². The molecule has 0 atom stereocenters. The first-order chi connectivity index (χ1) is 19.8. The van der Waals surface area contributed by atoms with Gasteiger partial charge in [0, 0.05) is 22.0 Å². The molecule has 0 aliphatic heterocycles. The fourth-order valence-corrected chi connectivity index (χ4v) is 5.98. The molecule has 2 N–H and O–H groups in total. The largest absolute Gasteiger partial charge is 0.324 e. The van der Waals surface area contributed by atoms with Crippen molar-refractivity contribution in [2.24, 2.45) is 0 Å². The molecule has 9 heteroatoms. The van der Waals surface area contributed by atoms with Gasteiger partial charge in [0.1, 0.15) is 6.54 Å². The summed E-state index contributed by atoms with van der Waals surface area (Å²) in [5.74, 6) is -0.850. The van der Waals surface area contributed by atoms with Gasteiger partial charge in [-0.05, 0) is 85.0 Å². The van der Waals surface area contributed by atoms with Gasteiger partial charge in [-0.2, -0.15) is 0 Å². The number of hydrogen-bond donors (Lipinski definition) is 2. The second-order valence-corrected chi connectivity index (χ2v) is 13.4. The third-order valence-electron chi connectivity index (χ3n) is 6.82. The third-order valence-corrected chi connectivity index (χ3v) is 9.00. The fraction of sp³-hybridized carbons (Fsp3) is 0.212. The highest BCUT2D eigenvalue weighted by Crippen LogP contribution is 2.31. The molecule has 0 unspecified atom stereocenters. The number of sulfonamides is 1. The predicted molar refractivity (Wildman–Crippen MR) is 170 cm³/mol. The molecule has 0 radical (unpaired) electrons. The number of nitrogens with one attached hydrogen (secondary N) is 2. The zero-order chi connectivity index (χ0) is 30.7. The monoisotopic (exact) mass is 603 g/mol. The normalized spacial score (nSPS) is 11.6. The van der Waals surface area contributed by atoms with Crippen LogP contribution in [0.4, 0.5) is 17.1 Å². The quantitative estimate of drug-likeness (QED) is 0.220. The molecule has 0 bridgehead atoms. The average Bonchev–Trinajstić information content (AvgIpc) is 2.93. The lowest BCUT2D eigenvalue weighted by atomic mass is 9.87. The Morgan fingerprint density at radius 1 is 0.810 bits per heavy atom. The van der Waals surface area contributed by atoms with E-state index in [0.717, 1.165) is 15.4 Å². The van der Waals surface area contributed by atoms with E-state index in [1.165, 1.54) is 12.1 Å². The zero-order valence-electron chi connectivity index (χ0n) is 24.2. The minimum atomic E-state index is -4.11. The van der Waals surface area contributed by atoms with Crippen LogP contribution in [0.15, 0.2) is 95.9 Å². The molecule has 218 valence electrons. The summed E-state index contributed by atoms with van der Waals surface area (Å²) >= 11 is 6.32. The van der Waals surface area contributed by atoms with Gasteiger partial charge in [-0.3, -0.25) is 13.9 Å². The van der Waals surface area contributed by atoms with Crippen molar-refractivity contribution in [2.75, 3.05) is 21.5 Å². The molecule has 0 saturated carbocycles. The second-order valence-electron chi connectivity index (χ2n) is 11.1. The fourth-order valence-electron chi connectivity index (χ4n) is 4.33. The van der Waals surface area contributed by atoms with E-state index in [1.54, 1.807) is 73.7 Å². The summed E-state index contributed by atoms with van der Waals surface area (Å²) in [6, 6.07) is 25.5. The van der Waals surface area contributed by atoms with Crippen LogP contribution < -0.4 is 14.9 Å². The van der Waals surface area contributed by atoms with Gasteiger partial charge in [-0.15, -0.1) is 0 Å². The highest BCUT2D eigenvalue weighted by atomic mass is 35.5. The molecule has 0 spiro atoms. The molecule has 0 heterocycles. The number of rotatable bonds is 8. The maximum Gasteiger partial charge on any atom is 0.264 e. The Hall–Kier alpha value is -4.14. The van der Waals surface area contributed by atoms with Gasteiger partial charge in [0.25, 0.3) is 15.9 Å². The van der Waals surface area contributed by atoms with Crippen LogP contribution in [-0.4, -0.2) is 26.8 Å². The van der Waals surface area contributed by atoms with Crippen molar-refractivity contribution < 1.29 is 18.0 Å². The molecule has 0 fully saturated rings. The predicted octanol–water partition coefficient (Wildman–Crippen LogP) is 7.34. The molecular weight excluding hydrogens is 570 g/mol. The van der Waals surface area contributed by atoms with E-state index in [9.17, 15) is 18.0 Å². The van der Waals surface area contributed by atoms with Crippen molar-refractivity contribution in [2.45, 2.75) is 44.9 Å². The number of carbonyl (C=O) groups is 2. The first kappa shape index (κ1) is 30.8. The standard InChI is InChI=1S/C33H34ClN3O4S/c1-22-12-18-28(19-13-22)42(40,41)37(30-11-7-10-29(34)23(30)2)21-31(38)35-26-8-6-9-27(20-26)36-32(39)24-14-16-25(17-15-24)33(3,4)5/h6-20H,21H2,1-5H3,(H,35,38)(H,36,39). The Bertz CT molecular complexity index is 1710. The lowest BCUT2D eigenvalue weighted by molar-refractivity contribution is -0.114. The third kappa shape index (κ3) is 7.19. The zero-order valence-corrected chi connectivity index (χ0v) is 25.8. The summed E-state index contributed by atoms with van der Waals surface area (Å²) in [6.45, 7) is 9.39. The maximum absolute atomic E-state index is 13.7. The van der Waals surface area contributed by atoms with Crippen LogP contribution in [0, 0.1) is 13.8 Å². The summed E-state index contributed by atoms with van der Waals surface area (Å²) < 4.78 is 28.5. The number of amides is 2. The van der Waals surface area contributed by atoms with Gasteiger partial charge in [-0.25, -0.2) is 8.42 Å². The Labute approximate surface area is 252 Å². The Morgan fingerprint density at radius 3 is 2.02 bits per heavy atom. The van der Waals surface area contributed by atoms with E-state index >= 15 is 0 Å². The van der Waals surface area contributed by atoms with Crippen LogP contribution in [0.5, 0.6) is 0 Å².